The minimum atomic E-state index is -4.60. The third kappa shape index (κ3) is 4.30. The van der Waals surface area contributed by atoms with E-state index in [0.717, 1.165) is 5.56 Å². The number of aliphatic hydroxyl groups excluding tert-OH is 1. The lowest BCUT2D eigenvalue weighted by Gasteiger charge is -2.34. The van der Waals surface area contributed by atoms with Gasteiger partial charge in [0.25, 0.3) is 0 Å². The maximum absolute atomic E-state index is 12.5. The van der Waals surface area contributed by atoms with Gasteiger partial charge >= 0.3 is 6.18 Å². The summed E-state index contributed by atoms with van der Waals surface area (Å²) in [5.41, 5.74) is 0.776. The number of hydrogen-bond donors (Lipinski definition) is 1. The minimum Gasteiger partial charge on any atom is -0.383 e. The smallest absolute Gasteiger partial charge is 0.383 e. The van der Waals surface area contributed by atoms with Gasteiger partial charge in [0, 0.05) is 31.6 Å². The van der Waals surface area contributed by atoms with E-state index in [1.54, 1.807) is 30.6 Å². The lowest BCUT2D eigenvalue weighted by molar-refractivity contribution is -0.222. The number of aromatic nitrogens is 1. The van der Waals surface area contributed by atoms with Crippen LogP contribution in [-0.4, -0.2) is 46.3 Å². The second kappa shape index (κ2) is 6.91. The first kappa shape index (κ1) is 16.5. The molecule has 2 rings (SSSR count). The predicted molar refractivity (Wildman–Crippen MR) is 74.6 cm³/mol. The Labute approximate surface area is 126 Å². The first-order chi connectivity index (χ1) is 10.4. The van der Waals surface area contributed by atoms with Crippen LogP contribution in [0.2, 0.25) is 0 Å². The van der Waals surface area contributed by atoms with Gasteiger partial charge in [0.15, 0.2) is 6.10 Å². The Morgan fingerprint density at radius 2 is 2.09 bits per heavy atom. The molecule has 1 atom stereocenters. The summed E-state index contributed by atoms with van der Waals surface area (Å²) in [6, 6.07) is 3.54. The van der Waals surface area contributed by atoms with Gasteiger partial charge in [0.1, 0.15) is 0 Å². The number of piperidine rings is 1. The van der Waals surface area contributed by atoms with Gasteiger partial charge in [0.2, 0.25) is 5.91 Å². The fourth-order valence-electron chi connectivity index (χ4n) is 2.45. The van der Waals surface area contributed by atoms with E-state index in [2.05, 4.69) is 4.98 Å². The molecule has 1 aliphatic heterocycles. The Bertz CT molecular complexity index is 523. The summed E-state index contributed by atoms with van der Waals surface area (Å²) >= 11 is 0. The monoisotopic (exact) mass is 314 g/mol. The zero-order valence-corrected chi connectivity index (χ0v) is 11.8. The molecule has 1 N–H and O–H groups in total. The normalized spacial score (nSPS) is 18.6. The van der Waals surface area contributed by atoms with E-state index in [0.29, 0.717) is 0 Å². The number of likely N-dealkylation sites (tertiary alicyclic amines) is 1. The molecular formula is C15H17F3N2O2. The molecule has 22 heavy (non-hydrogen) atoms. The molecule has 0 saturated carbocycles. The van der Waals surface area contributed by atoms with Gasteiger partial charge in [-0.25, -0.2) is 0 Å². The highest BCUT2D eigenvalue weighted by atomic mass is 19.4. The Balaban J connectivity index is 1.86. The molecule has 2 heterocycles. The predicted octanol–water partition coefficient (Wildman–Crippen LogP) is 2.26. The van der Waals surface area contributed by atoms with E-state index in [9.17, 15) is 23.1 Å². The van der Waals surface area contributed by atoms with Gasteiger partial charge in [0.05, 0.1) is 0 Å². The molecule has 0 bridgehead atoms. The Kier molecular flexibility index (Phi) is 5.18. The van der Waals surface area contributed by atoms with Gasteiger partial charge < -0.3 is 10.0 Å². The van der Waals surface area contributed by atoms with Crippen molar-refractivity contribution >= 4 is 12.0 Å². The van der Waals surface area contributed by atoms with Crippen LogP contribution in [0.15, 0.2) is 30.6 Å². The third-order valence-corrected chi connectivity index (χ3v) is 3.74. The number of carbonyl (C=O) groups is 1. The van der Waals surface area contributed by atoms with Crippen molar-refractivity contribution in [3.8, 4) is 0 Å². The highest BCUT2D eigenvalue weighted by Gasteiger charge is 2.44. The topological polar surface area (TPSA) is 53.4 Å². The molecule has 1 saturated heterocycles. The van der Waals surface area contributed by atoms with Crippen molar-refractivity contribution in [2.45, 2.75) is 25.1 Å². The van der Waals surface area contributed by atoms with Crippen molar-refractivity contribution in [1.29, 1.82) is 0 Å². The van der Waals surface area contributed by atoms with Crippen LogP contribution >= 0.6 is 0 Å². The molecule has 0 radical (unpaired) electrons. The van der Waals surface area contributed by atoms with E-state index in [4.69, 9.17) is 0 Å². The van der Waals surface area contributed by atoms with Crippen LogP contribution < -0.4 is 0 Å². The summed E-state index contributed by atoms with van der Waals surface area (Å²) in [5, 5.41) is 9.24. The van der Waals surface area contributed by atoms with Crippen LogP contribution in [0, 0.1) is 5.92 Å². The molecule has 1 unspecified atom stereocenters. The summed E-state index contributed by atoms with van der Waals surface area (Å²) in [4.78, 5) is 17.4. The maximum Gasteiger partial charge on any atom is 0.414 e. The van der Waals surface area contributed by atoms with Crippen LogP contribution in [-0.2, 0) is 4.79 Å². The zero-order valence-electron chi connectivity index (χ0n) is 11.8. The minimum absolute atomic E-state index is 0.146. The van der Waals surface area contributed by atoms with Crippen molar-refractivity contribution < 1.29 is 23.1 Å². The number of hydrogen-bond acceptors (Lipinski definition) is 3. The lowest BCUT2D eigenvalue weighted by Crippen LogP contribution is -2.44. The molecule has 4 nitrogen and oxygen atoms in total. The molecule has 0 aliphatic carbocycles. The largest absolute Gasteiger partial charge is 0.414 e. The number of pyridine rings is 1. The second-order valence-electron chi connectivity index (χ2n) is 5.27. The molecule has 1 aromatic heterocycles. The summed E-state index contributed by atoms with van der Waals surface area (Å²) in [6.07, 6.45) is -0.386. The Morgan fingerprint density at radius 1 is 1.41 bits per heavy atom. The van der Waals surface area contributed by atoms with Gasteiger partial charge in [-0.05, 0) is 36.5 Å². The van der Waals surface area contributed by atoms with Crippen LogP contribution in [0.3, 0.4) is 0 Å². The van der Waals surface area contributed by atoms with E-state index in [-0.39, 0.29) is 31.8 Å². The van der Waals surface area contributed by atoms with Gasteiger partial charge in [-0.3, -0.25) is 9.78 Å². The third-order valence-electron chi connectivity index (χ3n) is 3.74. The van der Waals surface area contributed by atoms with Crippen molar-refractivity contribution in [3.05, 3.63) is 36.2 Å². The molecule has 0 spiro atoms. The number of alkyl halides is 3. The summed E-state index contributed by atoms with van der Waals surface area (Å²) < 4.78 is 37.4. The lowest BCUT2D eigenvalue weighted by atomic mass is 9.91. The van der Waals surface area contributed by atoms with Gasteiger partial charge in [-0.15, -0.1) is 0 Å². The number of carbonyl (C=O) groups excluding carboxylic acids is 1. The molecular weight excluding hydrogens is 297 g/mol. The highest BCUT2D eigenvalue weighted by Crippen LogP contribution is 2.31. The van der Waals surface area contributed by atoms with Crippen LogP contribution in [0.4, 0.5) is 13.2 Å². The first-order valence-corrected chi connectivity index (χ1v) is 6.99. The number of aliphatic hydroxyl groups is 1. The maximum atomic E-state index is 12.5. The molecule has 1 fully saturated rings. The highest BCUT2D eigenvalue weighted by molar-refractivity contribution is 5.91. The number of amides is 1. The standard InChI is InChI=1S/C15H17F3N2O2/c16-15(17,18)14(22)12-5-8-20(9-6-12)13(21)4-3-11-2-1-7-19-10-11/h1-4,7,10,12,14,22H,5-6,8-9H2/b4-3+. The second-order valence-corrected chi connectivity index (χ2v) is 5.27. The van der Waals surface area contributed by atoms with Crippen molar-refractivity contribution in [2.75, 3.05) is 13.1 Å². The fourth-order valence-corrected chi connectivity index (χ4v) is 2.45. The van der Waals surface area contributed by atoms with Crippen LogP contribution in [0.5, 0.6) is 0 Å². The average molecular weight is 314 g/mol. The SMILES string of the molecule is O=C(/C=C/c1cccnc1)N1CCC(C(O)C(F)(F)F)CC1. The summed E-state index contributed by atoms with van der Waals surface area (Å²) in [5.74, 6) is -1.09. The van der Waals surface area contributed by atoms with Crippen molar-refractivity contribution in [2.24, 2.45) is 5.92 Å². The van der Waals surface area contributed by atoms with Crippen molar-refractivity contribution in [3.63, 3.8) is 0 Å². The molecule has 1 aromatic rings. The number of rotatable bonds is 3. The van der Waals surface area contributed by atoms with Gasteiger partial charge in [-0.2, -0.15) is 13.2 Å². The average Bonchev–Trinajstić information content (AvgIpc) is 2.52. The Hall–Kier alpha value is -1.89. The van der Waals surface area contributed by atoms with E-state index in [1.807, 2.05) is 0 Å². The van der Waals surface area contributed by atoms with Crippen LogP contribution in [0.1, 0.15) is 18.4 Å². The fraction of sp³-hybridized carbons (Fsp3) is 0.467. The quantitative estimate of drug-likeness (QED) is 0.871. The van der Waals surface area contributed by atoms with Crippen molar-refractivity contribution in [1.82, 2.24) is 9.88 Å². The summed E-state index contributed by atoms with van der Waals surface area (Å²) in [6.45, 7) is 0.433. The molecule has 7 heteroatoms. The molecule has 1 amide bonds. The number of nitrogens with zero attached hydrogens (tertiary/aromatic N) is 2. The van der Waals surface area contributed by atoms with Crippen LogP contribution in [0.25, 0.3) is 6.08 Å². The summed E-state index contributed by atoms with van der Waals surface area (Å²) in [7, 11) is 0. The Morgan fingerprint density at radius 3 is 2.64 bits per heavy atom. The molecule has 1 aliphatic rings. The first-order valence-electron chi connectivity index (χ1n) is 6.99. The molecule has 0 aromatic carbocycles. The zero-order chi connectivity index (χ0) is 16.2. The van der Waals surface area contributed by atoms with E-state index in [1.165, 1.54) is 11.0 Å². The molecule has 120 valence electrons. The van der Waals surface area contributed by atoms with E-state index >= 15 is 0 Å². The van der Waals surface area contributed by atoms with Gasteiger partial charge in [-0.1, -0.05) is 6.07 Å². The number of halogens is 3. The van der Waals surface area contributed by atoms with E-state index < -0.39 is 18.2 Å².